The van der Waals surface area contributed by atoms with E-state index in [9.17, 15) is 4.79 Å². The summed E-state index contributed by atoms with van der Waals surface area (Å²) in [5, 5.41) is 4.92. The van der Waals surface area contributed by atoms with Gasteiger partial charge >= 0.3 is 0 Å². The molecule has 3 nitrogen and oxygen atoms in total. The number of nitrogens with two attached hydrogens (primary N) is 1. The maximum absolute atomic E-state index is 11.9. The molecule has 0 aliphatic rings. The lowest BCUT2D eigenvalue weighted by molar-refractivity contribution is -0.122. The van der Waals surface area contributed by atoms with Crippen LogP contribution in [0.1, 0.15) is 16.0 Å². The van der Waals surface area contributed by atoms with Crippen molar-refractivity contribution in [1.82, 2.24) is 5.32 Å². The second-order valence-electron chi connectivity index (χ2n) is 4.54. The highest BCUT2D eigenvalue weighted by molar-refractivity contribution is 7.10. The minimum absolute atomic E-state index is 0. The van der Waals surface area contributed by atoms with Crippen LogP contribution in [0.15, 0.2) is 41.8 Å². The largest absolute Gasteiger partial charge is 0.350 e. The van der Waals surface area contributed by atoms with Crippen molar-refractivity contribution in [2.45, 2.75) is 25.9 Å². The molecule has 0 aliphatic heterocycles. The Labute approximate surface area is 129 Å². The number of nitrogens with one attached hydrogen (secondary N) is 1. The van der Waals surface area contributed by atoms with Crippen LogP contribution in [0.2, 0.25) is 0 Å². The molecule has 2 rings (SSSR count). The zero-order chi connectivity index (χ0) is 13.7. The van der Waals surface area contributed by atoms with E-state index in [1.165, 1.54) is 10.4 Å². The van der Waals surface area contributed by atoms with Crippen molar-refractivity contribution in [3.8, 4) is 0 Å². The summed E-state index contributed by atoms with van der Waals surface area (Å²) in [7, 11) is 0. The van der Waals surface area contributed by atoms with Crippen LogP contribution >= 0.6 is 23.7 Å². The summed E-state index contributed by atoms with van der Waals surface area (Å²) < 4.78 is 0. The summed E-state index contributed by atoms with van der Waals surface area (Å²) in [5.74, 6) is -0.100. The number of benzene rings is 1. The second-order valence-corrected chi connectivity index (χ2v) is 5.54. The van der Waals surface area contributed by atoms with Gasteiger partial charge < -0.3 is 11.1 Å². The number of hydrogen-bond acceptors (Lipinski definition) is 3. The van der Waals surface area contributed by atoms with Crippen LogP contribution in [0, 0.1) is 6.92 Å². The first kappa shape index (κ1) is 16.7. The molecule has 0 fully saturated rings. The Morgan fingerprint density at radius 1 is 1.30 bits per heavy atom. The molecule has 0 saturated heterocycles. The Kier molecular flexibility index (Phi) is 6.71. The fourth-order valence-corrected chi connectivity index (χ4v) is 2.69. The van der Waals surface area contributed by atoms with Crippen molar-refractivity contribution in [2.75, 3.05) is 0 Å². The molecule has 1 amide bonds. The minimum Gasteiger partial charge on any atom is -0.350 e. The zero-order valence-corrected chi connectivity index (χ0v) is 13.0. The van der Waals surface area contributed by atoms with E-state index in [2.05, 4.69) is 11.4 Å². The third-order valence-corrected chi connectivity index (χ3v) is 4.05. The summed E-state index contributed by atoms with van der Waals surface area (Å²) in [4.78, 5) is 13.1. The fourth-order valence-electron chi connectivity index (χ4n) is 1.84. The molecule has 3 N–H and O–H groups in total. The topological polar surface area (TPSA) is 55.1 Å². The molecular weight excluding hydrogens is 292 g/mol. The predicted molar refractivity (Wildman–Crippen MR) is 86.3 cm³/mol. The van der Waals surface area contributed by atoms with Gasteiger partial charge in [-0.15, -0.1) is 23.7 Å². The smallest absolute Gasteiger partial charge is 0.237 e. The van der Waals surface area contributed by atoms with E-state index >= 15 is 0 Å². The van der Waals surface area contributed by atoms with Gasteiger partial charge in [0, 0.05) is 4.88 Å². The van der Waals surface area contributed by atoms with Crippen molar-refractivity contribution < 1.29 is 4.79 Å². The van der Waals surface area contributed by atoms with Gasteiger partial charge in [0.15, 0.2) is 0 Å². The van der Waals surface area contributed by atoms with E-state index in [1.807, 2.05) is 42.6 Å². The Balaban J connectivity index is 0.00000200. The van der Waals surface area contributed by atoms with Crippen molar-refractivity contribution in [3.05, 3.63) is 57.8 Å². The van der Waals surface area contributed by atoms with Crippen molar-refractivity contribution in [2.24, 2.45) is 5.73 Å². The highest BCUT2D eigenvalue weighted by atomic mass is 35.5. The van der Waals surface area contributed by atoms with Crippen LogP contribution in [0.5, 0.6) is 0 Å². The Hall–Kier alpha value is -1.36. The summed E-state index contributed by atoms with van der Waals surface area (Å²) in [5.41, 5.74) is 8.21. The van der Waals surface area contributed by atoms with Gasteiger partial charge in [-0.2, -0.15) is 0 Å². The highest BCUT2D eigenvalue weighted by Crippen LogP contribution is 2.14. The standard InChI is InChI=1S/C15H18N2OS.ClH/c1-11-7-8-19-14(11)10-17-15(18)13(16)9-12-5-3-2-4-6-12;/h2-8,13H,9-10,16H2,1H3,(H,17,18);1H/t13-;/m0./s1. The van der Waals surface area contributed by atoms with E-state index in [0.717, 1.165) is 5.56 Å². The molecule has 1 aromatic carbocycles. The van der Waals surface area contributed by atoms with Crippen LogP contribution < -0.4 is 11.1 Å². The van der Waals surface area contributed by atoms with Gasteiger partial charge in [-0.05, 0) is 35.9 Å². The molecule has 2 aromatic rings. The van der Waals surface area contributed by atoms with Gasteiger partial charge in [0.2, 0.25) is 5.91 Å². The number of rotatable bonds is 5. The van der Waals surface area contributed by atoms with E-state index in [1.54, 1.807) is 11.3 Å². The SMILES string of the molecule is Cc1ccsc1CNC(=O)[C@@H](N)Cc1ccccc1.Cl. The zero-order valence-electron chi connectivity index (χ0n) is 11.3. The average molecular weight is 311 g/mol. The Bertz CT molecular complexity index is 542. The third kappa shape index (κ3) is 4.63. The van der Waals surface area contributed by atoms with Crippen molar-refractivity contribution in [1.29, 1.82) is 0 Å². The van der Waals surface area contributed by atoms with Gasteiger partial charge in [0.05, 0.1) is 12.6 Å². The summed E-state index contributed by atoms with van der Waals surface area (Å²) >= 11 is 1.65. The maximum atomic E-state index is 11.9. The molecule has 0 spiro atoms. The molecular formula is C15H19ClN2OS. The first-order valence-electron chi connectivity index (χ1n) is 6.27. The molecule has 0 aliphatic carbocycles. The summed E-state index contributed by atoms with van der Waals surface area (Å²) in [6.45, 7) is 2.60. The van der Waals surface area contributed by atoms with Gasteiger partial charge in [-0.3, -0.25) is 4.79 Å². The van der Waals surface area contributed by atoms with Crippen LogP contribution in [0.25, 0.3) is 0 Å². The number of carbonyl (C=O) groups excluding carboxylic acids is 1. The Morgan fingerprint density at radius 3 is 2.60 bits per heavy atom. The first-order chi connectivity index (χ1) is 9.16. The highest BCUT2D eigenvalue weighted by Gasteiger charge is 2.14. The molecule has 0 bridgehead atoms. The molecule has 1 atom stereocenters. The molecule has 0 saturated carbocycles. The van der Waals surface area contributed by atoms with Crippen LogP contribution in [0.4, 0.5) is 0 Å². The lowest BCUT2D eigenvalue weighted by atomic mass is 10.1. The molecule has 1 aromatic heterocycles. The first-order valence-corrected chi connectivity index (χ1v) is 7.15. The quantitative estimate of drug-likeness (QED) is 0.892. The normalized spacial score (nSPS) is 11.5. The van der Waals surface area contributed by atoms with Gasteiger partial charge in [-0.1, -0.05) is 30.3 Å². The fraction of sp³-hybridized carbons (Fsp3) is 0.267. The van der Waals surface area contributed by atoms with Crippen LogP contribution in [0.3, 0.4) is 0 Å². The molecule has 0 radical (unpaired) electrons. The number of halogens is 1. The van der Waals surface area contributed by atoms with Crippen molar-refractivity contribution in [3.63, 3.8) is 0 Å². The predicted octanol–water partition coefficient (Wildman–Crippen LogP) is 2.66. The number of hydrogen-bond donors (Lipinski definition) is 2. The van der Waals surface area contributed by atoms with E-state index in [0.29, 0.717) is 13.0 Å². The molecule has 20 heavy (non-hydrogen) atoms. The number of aryl methyl sites for hydroxylation is 1. The lowest BCUT2D eigenvalue weighted by Crippen LogP contribution is -2.41. The average Bonchev–Trinajstić information content (AvgIpc) is 2.82. The summed E-state index contributed by atoms with van der Waals surface area (Å²) in [6, 6.07) is 11.4. The monoisotopic (exact) mass is 310 g/mol. The number of thiophene rings is 1. The van der Waals surface area contributed by atoms with Gasteiger partial charge in [0.25, 0.3) is 0 Å². The molecule has 1 heterocycles. The van der Waals surface area contributed by atoms with Gasteiger partial charge in [0.1, 0.15) is 0 Å². The van der Waals surface area contributed by atoms with Crippen LogP contribution in [-0.4, -0.2) is 11.9 Å². The van der Waals surface area contributed by atoms with E-state index in [4.69, 9.17) is 5.73 Å². The molecule has 0 unspecified atom stereocenters. The van der Waals surface area contributed by atoms with Crippen molar-refractivity contribution >= 4 is 29.7 Å². The molecule has 108 valence electrons. The van der Waals surface area contributed by atoms with Gasteiger partial charge in [-0.25, -0.2) is 0 Å². The second kappa shape index (κ2) is 8.04. The summed E-state index contributed by atoms with van der Waals surface area (Å²) in [6.07, 6.45) is 0.566. The third-order valence-electron chi connectivity index (χ3n) is 3.03. The lowest BCUT2D eigenvalue weighted by Gasteiger charge is -2.12. The van der Waals surface area contributed by atoms with E-state index in [-0.39, 0.29) is 18.3 Å². The molecule has 5 heteroatoms. The Morgan fingerprint density at radius 2 is 2.00 bits per heavy atom. The number of carbonyl (C=O) groups is 1. The number of amides is 1. The van der Waals surface area contributed by atoms with Crippen LogP contribution in [-0.2, 0) is 17.8 Å². The van der Waals surface area contributed by atoms with E-state index < -0.39 is 6.04 Å². The maximum Gasteiger partial charge on any atom is 0.237 e. The minimum atomic E-state index is -0.498.